The second-order valence-electron chi connectivity index (χ2n) is 6.14. The predicted molar refractivity (Wildman–Crippen MR) is 91.6 cm³/mol. The van der Waals surface area contributed by atoms with E-state index in [9.17, 15) is 17.6 Å². The maximum atomic E-state index is 14.5. The molecule has 2 aromatic carbocycles. The Morgan fingerprint density at radius 3 is 2.59 bits per heavy atom. The number of rotatable bonds is 3. The number of nitrogens with zero attached hydrogens (tertiary/aromatic N) is 2. The molecule has 0 amide bonds. The van der Waals surface area contributed by atoms with Crippen molar-refractivity contribution in [1.82, 2.24) is 9.97 Å². The van der Waals surface area contributed by atoms with E-state index in [1.807, 2.05) is 24.3 Å². The number of nitrogens with two attached hydrogens (primary N) is 1. The molecule has 0 fully saturated rings. The fourth-order valence-corrected chi connectivity index (χ4v) is 3.25. The van der Waals surface area contributed by atoms with Crippen LogP contribution < -0.4 is 10.5 Å². The molecule has 27 heavy (non-hydrogen) atoms. The molecular formula is C19H13F4N3O. The van der Waals surface area contributed by atoms with Crippen LogP contribution in [0.3, 0.4) is 0 Å². The molecule has 0 aliphatic heterocycles. The Bertz CT molecular complexity index is 1030. The summed E-state index contributed by atoms with van der Waals surface area (Å²) in [4.78, 5) is 7.78. The van der Waals surface area contributed by atoms with Crippen LogP contribution in [0.4, 0.5) is 23.5 Å². The summed E-state index contributed by atoms with van der Waals surface area (Å²) >= 11 is 0. The van der Waals surface area contributed by atoms with Crippen molar-refractivity contribution in [3.05, 3.63) is 59.4 Å². The molecule has 8 heteroatoms. The van der Waals surface area contributed by atoms with Gasteiger partial charge in [0.2, 0.25) is 11.8 Å². The molecule has 0 atom stereocenters. The average Bonchev–Trinajstić information content (AvgIpc) is 2.99. The van der Waals surface area contributed by atoms with E-state index in [2.05, 4.69) is 14.7 Å². The van der Waals surface area contributed by atoms with E-state index in [1.54, 1.807) is 0 Å². The van der Waals surface area contributed by atoms with E-state index in [-0.39, 0.29) is 23.3 Å². The second-order valence-corrected chi connectivity index (χ2v) is 6.14. The zero-order chi connectivity index (χ0) is 19.2. The monoisotopic (exact) mass is 375 g/mol. The molecule has 4 nitrogen and oxygen atoms in total. The van der Waals surface area contributed by atoms with Gasteiger partial charge in [-0.05, 0) is 35.2 Å². The van der Waals surface area contributed by atoms with Gasteiger partial charge in [0.05, 0.1) is 5.69 Å². The number of hydrogen-bond donors (Lipinski definition) is 1. The first-order chi connectivity index (χ1) is 12.8. The largest absolute Gasteiger partial charge is 0.468 e. The molecule has 0 spiro atoms. The van der Waals surface area contributed by atoms with Crippen LogP contribution in [0.1, 0.15) is 11.1 Å². The van der Waals surface area contributed by atoms with Crippen LogP contribution in [0.15, 0.2) is 42.5 Å². The molecule has 138 valence electrons. The highest BCUT2D eigenvalue weighted by Crippen LogP contribution is 2.43. The Hall–Kier alpha value is -3.16. The molecular weight excluding hydrogens is 362 g/mol. The number of benzene rings is 2. The van der Waals surface area contributed by atoms with Crippen LogP contribution in [0.5, 0.6) is 5.88 Å². The van der Waals surface area contributed by atoms with Crippen molar-refractivity contribution in [3.8, 4) is 28.3 Å². The minimum atomic E-state index is -4.50. The third kappa shape index (κ3) is 3.30. The first-order valence-corrected chi connectivity index (χ1v) is 8.06. The normalized spacial score (nSPS) is 12.6. The van der Waals surface area contributed by atoms with Crippen molar-refractivity contribution < 1.29 is 22.3 Å². The highest BCUT2D eigenvalue weighted by Gasteiger charge is 2.29. The van der Waals surface area contributed by atoms with Gasteiger partial charge in [-0.2, -0.15) is 18.2 Å². The molecule has 2 N–H and O–H groups in total. The highest BCUT2D eigenvalue weighted by atomic mass is 19.4. The summed E-state index contributed by atoms with van der Waals surface area (Å²) in [6.45, 7) is -1.49. The van der Waals surface area contributed by atoms with E-state index in [4.69, 9.17) is 5.73 Å². The molecule has 4 rings (SSSR count). The van der Waals surface area contributed by atoms with Gasteiger partial charge in [-0.3, -0.25) is 0 Å². The SMILES string of the molecule is Nc1nc(OCC(F)(F)F)cc(-c2ccc(F)c3c2Cc2ccccc2-3)n1. The summed E-state index contributed by atoms with van der Waals surface area (Å²) < 4.78 is 56.4. The Morgan fingerprint density at radius 2 is 1.81 bits per heavy atom. The number of anilines is 1. The molecule has 0 saturated heterocycles. The minimum Gasteiger partial charge on any atom is -0.468 e. The number of nitrogen functional groups attached to an aromatic ring is 1. The van der Waals surface area contributed by atoms with Crippen LogP contribution in [0, 0.1) is 5.82 Å². The molecule has 1 aliphatic carbocycles. The Morgan fingerprint density at radius 1 is 1.04 bits per heavy atom. The van der Waals surface area contributed by atoms with Crippen LogP contribution in [-0.2, 0) is 6.42 Å². The third-order valence-corrected chi connectivity index (χ3v) is 4.30. The quantitative estimate of drug-likeness (QED) is 0.540. The van der Waals surface area contributed by atoms with Crippen LogP contribution in [0.2, 0.25) is 0 Å². The molecule has 1 aromatic heterocycles. The Balaban J connectivity index is 1.79. The molecule has 0 unspecified atom stereocenters. The lowest BCUT2D eigenvalue weighted by molar-refractivity contribution is -0.154. The Kier molecular flexibility index (Phi) is 3.98. The van der Waals surface area contributed by atoms with Crippen LogP contribution in [-0.4, -0.2) is 22.8 Å². The number of hydrogen-bond acceptors (Lipinski definition) is 4. The summed E-state index contributed by atoms with van der Waals surface area (Å²) in [7, 11) is 0. The van der Waals surface area contributed by atoms with Crippen LogP contribution in [0.25, 0.3) is 22.4 Å². The summed E-state index contributed by atoms with van der Waals surface area (Å²) in [6.07, 6.45) is -4.01. The van der Waals surface area contributed by atoms with E-state index in [0.717, 1.165) is 11.1 Å². The van der Waals surface area contributed by atoms with Crippen molar-refractivity contribution in [2.75, 3.05) is 12.3 Å². The molecule has 1 heterocycles. The molecule has 0 bridgehead atoms. The van der Waals surface area contributed by atoms with Crippen molar-refractivity contribution in [3.63, 3.8) is 0 Å². The van der Waals surface area contributed by atoms with Gasteiger partial charge in [-0.1, -0.05) is 24.3 Å². The molecule has 3 aromatic rings. The lowest BCUT2D eigenvalue weighted by atomic mass is 9.98. The molecule has 1 aliphatic rings. The summed E-state index contributed by atoms with van der Waals surface area (Å²) in [6, 6.07) is 11.6. The van der Waals surface area contributed by atoms with Gasteiger partial charge in [-0.15, -0.1) is 0 Å². The van der Waals surface area contributed by atoms with E-state index >= 15 is 0 Å². The zero-order valence-corrected chi connectivity index (χ0v) is 13.8. The maximum absolute atomic E-state index is 14.5. The average molecular weight is 375 g/mol. The smallest absolute Gasteiger partial charge is 0.422 e. The van der Waals surface area contributed by atoms with E-state index in [1.165, 1.54) is 18.2 Å². The standard InChI is InChI=1S/C19H13F4N3O/c20-14-6-5-12(13-7-10-3-1-2-4-11(10)17(13)14)15-8-16(26-18(24)25-15)27-9-19(21,22)23/h1-6,8H,7,9H2,(H2,24,25,26). The minimum absolute atomic E-state index is 0.224. The summed E-state index contributed by atoms with van der Waals surface area (Å²) in [5, 5.41) is 0. The first kappa shape index (κ1) is 17.3. The topological polar surface area (TPSA) is 61.0 Å². The van der Waals surface area contributed by atoms with Gasteiger partial charge in [0.15, 0.2) is 6.61 Å². The zero-order valence-electron chi connectivity index (χ0n) is 13.8. The van der Waals surface area contributed by atoms with Gasteiger partial charge in [0.1, 0.15) is 5.82 Å². The maximum Gasteiger partial charge on any atom is 0.422 e. The molecule has 0 radical (unpaired) electrons. The van der Waals surface area contributed by atoms with Crippen LogP contribution >= 0.6 is 0 Å². The fraction of sp³-hybridized carbons (Fsp3) is 0.158. The number of aromatic nitrogens is 2. The first-order valence-electron chi connectivity index (χ1n) is 8.06. The molecule has 0 saturated carbocycles. The number of fused-ring (bicyclic) bond motifs is 3. The highest BCUT2D eigenvalue weighted by molar-refractivity contribution is 5.84. The number of alkyl halides is 3. The predicted octanol–water partition coefficient (Wildman–Crippen LogP) is 4.38. The fourth-order valence-electron chi connectivity index (χ4n) is 3.25. The van der Waals surface area contributed by atoms with Gasteiger partial charge < -0.3 is 10.5 Å². The lowest BCUT2D eigenvalue weighted by Gasteiger charge is -2.12. The van der Waals surface area contributed by atoms with Gasteiger partial charge in [-0.25, -0.2) is 9.37 Å². The third-order valence-electron chi connectivity index (χ3n) is 4.30. The van der Waals surface area contributed by atoms with Crippen molar-refractivity contribution in [2.24, 2.45) is 0 Å². The number of halogens is 4. The summed E-state index contributed by atoms with van der Waals surface area (Å²) in [5.74, 6) is -0.879. The Labute approximate surface area is 151 Å². The van der Waals surface area contributed by atoms with Crippen molar-refractivity contribution in [1.29, 1.82) is 0 Å². The van der Waals surface area contributed by atoms with Gasteiger partial charge in [0.25, 0.3) is 0 Å². The van der Waals surface area contributed by atoms with E-state index < -0.39 is 12.8 Å². The van der Waals surface area contributed by atoms with Gasteiger partial charge >= 0.3 is 6.18 Å². The van der Waals surface area contributed by atoms with Gasteiger partial charge in [0, 0.05) is 17.2 Å². The second kappa shape index (κ2) is 6.22. The summed E-state index contributed by atoms with van der Waals surface area (Å²) in [5.41, 5.74) is 9.43. The van der Waals surface area contributed by atoms with E-state index in [0.29, 0.717) is 23.1 Å². The van der Waals surface area contributed by atoms with Crippen molar-refractivity contribution in [2.45, 2.75) is 12.6 Å². The van der Waals surface area contributed by atoms with Crippen molar-refractivity contribution >= 4 is 5.95 Å². The number of ether oxygens (including phenoxy) is 1. The lowest BCUT2D eigenvalue weighted by Crippen LogP contribution is -2.20.